The number of guanidine groups is 1. The monoisotopic (exact) mass is 497 g/mol. The minimum absolute atomic E-state index is 0. The highest BCUT2D eigenvalue weighted by Crippen LogP contribution is 2.18. The summed E-state index contributed by atoms with van der Waals surface area (Å²) in [5, 5.41) is 16.3. The highest BCUT2D eigenvalue weighted by Gasteiger charge is 2.11. The second-order valence-corrected chi connectivity index (χ2v) is 6.91. The van der Waals surface area contributed by atoms with Gasteiger partial charge < -0.3 is 20.5 Å². The number of aliphatic hydroxyl groups excluding tert-OH is 1. The van der Waals surface area contributed by atoms with Crippen LogP contribution in [0.1, 0.15) is 30.9 Å². The molecule has 0 spiro atoms. The lowest BCUT2D eigenvalue weighted by molar-refractivity contribution is 0.265. The van der Waals surface area contributed by atoms with E-state index in [1.165, 1.54) is 0 Å². The largest absolute Gasteiger partial charge is 0.493 e. The van der Waals surface area contributed by atoms with E-state index in [9.17, 15) is 5.11 Å². The molecule has 6 heteroatoms. The second kappa shape index (κ2) is 13.4. The van der Waals surface area contributed by atoms with Crippen LogP contribution < -0.4 is 15.4 Å². The van der Waals surface area contributed by atoms with Gasteiger partial charge in [-0.1, -0.05) is 62.4 Å². The molecule has 0 heterocycles. The van der Waals surface area contributed by atoms with Crippen molar-refractivity contribution in [2.75, 3.05) is 26.8 Å². The van der Waals surface area contributed by atoms with E-state index >= 15 is 0 Å². The Labute approximate surface area is 185 Å². The fourth-order valence-electron chi connectivity index (χ4n) is 2.68. The zero-order valence-electron chi connectivity index (χ0n) is 16.9. The predicted molar refractivity (Wildman–Crippen MR) is 127 cm³/mol. The second-order valence-electron chi connectivity index (χ2n) is 6.91. The van der Waals surface area contributed by atoms with Gasteiger partial charge in [0, 0.05) is 31.6 Å². The molecule has 28 heavy (non-hydrogen) atoms. The molecule has 0 aliphatic heterocycles. The first-order chi connectivity index (χ1) is 13.1. The number of nitrogens with one attached hydrogen (secondary N) is 2. The van der Waals surface area contributed by atoms with Crippen LogP contribution in [0.2, 0.25) is 0 Å². The fraction of sp³-hybridized carbons (Fsp3) is 0.409. The molecule has 5 nitrogen and oxygen atoms in total. The molecule has 2 rings (SSSR count). The van der Waals surface area contributed by atoms with Crippen LogP contribution in [0.5, 0.6) is 5.75 Å². The van der Waals surface area contributed by atoms with E-state index in [0.717, 1.165) is 16.9 Å². The van der Waals surface area contributed by atoms with E-state index in [2.05, 4.69) is 35.5 Å². The molecule has 2 aromatic rings. The van der Waals surface area contributed by atoms with Crippen LogP contribution in [0.15, 0.2) is 59.6 Å². The van der Waals surface area contributed by atoms with E-state index in [-0.39, 0.29) is 36.5 Å². The van der Waals surface area contributed by atoms with Crippen LogP contribution in [0.3, 0.4) is 0 Å². The summed E-state index contributed by atoms with van der Waals surface area (Å²) < 4.78 is 5.90. The van der Waals surface area contributed by atoms with Crippen LogP contribution in [-0.4, -0.2) is 37.9 Å². The van der Waals surface area contributed by atoms with E-state index in [1.54, 1.807) is 7.05 Å². The Morgan fingerprint density at radius 3 is 2.36 bits per heavy atom. The number of aliphatic hydroxyl groups is 1. The molecule has 0 fully saturated rings. The van der Waals surface area contributed by atoms with Crippen molar-refractivity contribution in [3.8, 4) is 5.75 Å². The van der Waals surface area contributed by atoms with Crippen LogP contribution in [-0.2, 0) is 6.54 Å². The molecular weight excluding hydrogens is 465 g/mol. The van der Waals surface area contributed by atoms with Crippen LogP contribution in [0.25, 0.3) is 0 Å². The standard InChI is InChI=1S/C22H31N3O2.HI/c1-17(2)16-27-21-12-8-7-11-19(21)13-24-22(23-3)25-14-20(15-26)18-9-5-4-6-10-18;/h4-12,17,20,26H,13-16H2,1-3H3,(H2,23,24,25);1H. The Hall–Kier alpha value is -1.80. The van der Waals surface area contributed by atoms with Crippen molar-refractivity contribution in [2.24, 2.45) is 10.9 Å². The smallest absolute Gasteiger partial charge is 0.191 e. The SMILES string of the molecule is CN=C(NCc1ccccc1OCC(C)C)NCC(CO)c1ccccc1.I. The summed E-state index contributed by atoms with van der Waals surface area (Å²) in [5.41, 5.74) is 2.19. The number of para-hydroxylation sites is 1. The van der Waals surface area contributed by atoms with Crippen LogP contribution >= 0.6 is 24.0 Å². The molecule has 1 unspecified atom stereocenters. The van der Waals surface area contributed by atoms with Crippen molar-refractivity contribution < 1.29 is 9.84 Å². The predicted octanol–water partition coefficient (Wildman–Crippen LogP) is 3.78. The van der Waals surface area contributed by atoms with Gasteiger partial charge in [-0.3, -0.25) is 4.99 Å². The summed E-state index contributed by atoms with van der Waals surface area (Å²) in [6.07, 6.45) is 0. The zero-order valence-corrected chi connectivity index (χ0v) is 19.2. The third kappa shape index (κ3) is 8.06. The normalized spacial score (nSPS) is 12.2. The summed E-state index contributed by atoms with van der Waals surface area (Å²) in [6, 6.07) is 18.0. The highest BCUT2D eigenvalue weighted by atomic mass is 127. The number of nitrogens with zero attached hydrogens (tertiary/aromatic N) is 1. The first-order valence-corrected chi connectivity index (χ1v) is 9.45. The Kier molecular flexibility index (Phi) is 11.6. The summed E-state index contributed by atoms with van der Waals surface area (Å²) in [6.45, 7) is 6.27. The molecule has 0 aliphatic rings. The molecule has 2 aromatic carbocycles. The number of rotatable bonds is 9. The highest BCUT2D eigenvalue weighted by molar-refractivity contribution is 14.0. The molecule has 0 aliphatic carbocycles. The molecule has 3 N–H and O–H groups in total. The van der Waals surface area contributed by atoms with Crippen molar-refractivity contribution in [3.05, 3.63) is 65.7 Å². The van der Waals surface area contributed by atoms with Gasteiger partial charge in [0.2, 0.25) is 0 Å². The molecule has 154 valence electrons. The number of aliphatic imine (C=N–C) groups is 1. The van der Waals surface area contributed by atoms with E-state index < -0.39 is 0 Å². The molecule has 0 aromatic heterocycles. The van der Waals surface area contributed by atoms with Crippen molar-refractivity contribution in [3.63, 3.8) is 0 Å². The van der Waals surface area contributed by atoms with E-state index in [1.807, 2.05) is 48.5 Å². The maximum absolute atomic E-state index is 9.70. The van der Waals surface area contributed by atoms with Gasteiger partial charge in [-0.25, -0.2) is 0 Å². The minimum Gasteiger partial charge on any atom is -0.493 e. The van der Waals surface area contributed by atoms with Gasteiger partial charge in [0.05, 0.1) is 13.2 Å². The third-order valence-electron chi connectivity index (χ3n) is 4.22. The maximum Gasteiger partial charge on any atom is 0.191 e. The lowest BCUT2D eigenvalue weighted by atomic mass is 10.0. The average Bonchev–Trinajstić information content (AvgIpc) is 2.70. The zero-order chi connectivity index (χ0) is 19.5. The molecule has 0 saturated carbocycles. The van der Waals surface area contributed by atoms with E-state index in [0.29, 0.717) is 31.6 Å². The maximum atomic E-state index is 9.70. The minimum atomic E-state index is 0. The van der Waals surface area contributed by atoms with Crippen LogP contribution in [0, 0.1) is 5.92 Å². The Balaban J connectivity index is 0.00000392. The molecule has 0 radical (unpaired) electrons. The average molecular weight is 497 g/mol. The number of halogens is 1. The number of hydrogen-bond acceptors (Lipinski definition) is 3. The lowest BCUT2D eigenvalue weighted by Gasteiger charge is -2.19. The lowest BCUT2D eigenvalue weighted by Crippen LogP contribution is -2.39. The van der Waals surface area contributed by atoms with Gasteiger partial charge in [-0.15, -0.1) is 24.0 Å². The molecular formula is C22H32IN3O2. The van der Waals surface area contributed by atoms with E-state index in [4.69, 9.17) is 4.74 Å². The summed E-state index contributed by atoms with van der Waals surface area (Å²) >= 11 is 0. The van der Waals surface area contributed by atoms with Crippen LogP contribution in [0.4, 0.5) is 0 Å². The van der Waals surface area contributed by atoms with Crippen molar-refractivity contribution in [2.45, 2.75) is 26.3 Å². The van der Waals surface area contributed by atoms with Gasteiger partial charge >= 0.3 is 0 Å². The van der Waals surface area contributed by atoms with Crippen molar-refractivity contribution >= 4 is 29.9 Å². The Bertz CT molecular complexity index is 708. The summed E-state index contributed by atoms with van der Waals surface area (Å²) in [7, 11) is 1.74. The van der Waals surface area contributed by atoms with Gasteiger partial charge in [0.15, 0.2) is 5.96 Å². The summed E-state index contributed by atoms with van der Waals surface area (Å²) in [4.78, 5) is 4.28. The van der Waals surface area contributed by atoms with Gasteiger partial charge in [-0.2, -0.15) is 0 Å². The fourth-order valence-corrected chi connectivity index (χ4v) is 2.68. The number of hydrogen-bond donors (Lipinski definition) is 3. The van der Waals surface area contributed by atoms with Gasteiger partial charge in [0.1, 0.15) is 5.75 Å². The first kappa shape index (κ1) is 24.2. The number of ether oxygens (including phenoxy) is 1. The van der Waals surface area contributed by atoms with Crippen molar-refractivity contribution in [1.82, 2.24) is 10.6 Å². The van der Waals surface area contributed by atoms with Gasteiger partial charge in [-0.05, 0) is 17.5 Å². The quantitative estimate of drug-likeness (QED) is 0.280. The Morgan fingerprint density at radius 1 is 1.04 bits per heavy atom. The Morgan fingerprint density at radius 2 is 1.71 bits per heavy atom. The molecule has 1 atom stereocenters. The van der Waals surface area contributed by atoms with Crippen molar-refractivity contribution in [1.29, 1.82) is 0 Å². The molecule has 0 amide bonds. The third-order valence-corrected chi connectivity index (χ3v) is 4.22. The number of benzene rings is 2. The first-order valence-electron chi connectivity index (χ1n) is 9.45. The van der Waals surface area contributed by atoms with Gasteiger partial charge in [0.25, 0.3) is 0 Å². The summed E-state index contributed by atoms with van der Waals surface area (Å²) in [5.74, 6) is 2.09. The topological polar surface area (TPSA) is 65.9 Å². The molecule has 0 saturated heterocycles. The molecule has 0 bridgehead atoms.